The molecular formula is C15H13NO2. The molecule has 0 amide bonds. The molecule has 0 radical (unpaired) electrons. The van der Waals surface area contributed by atoms with Gasteiger partial charge in [-0.15, -0.1) is 0 Å². The zero-order chi connectivity index (χ0) is 12.8. The first kappa shape index (κ1) is 11.9. The van der Waals surface area contributed by atoms with Crippen molar-refractivity contribution in [3.63, 3.8) is 0 Å². The molecule has 0 unspecified atom stereocenters. The van der Waals surface area contributed by atoms with Gasteiger partial charge in [-0.1, -0.05) is 30.3 Å². The van der Waals surface area contributed by atoms with Crippen LogP contribution < -0.4 is 5.32 Å². The van der Waals surface area contributed by atoms with E-state index in [2.05, 4.69) is 5.32 Å². The predicted octanol–water partition coefficient (Wildman–Crippen LogP) is 3.20. The Morgan fingerprint density at radius 2 is 1.67 bits per heavy atom. The van der Waals surface area contributed by atoms with Gasteiger partial charge >= 0.3 is 0 Å². The molecule has 0 atom stereocenters. The van der Waals surface area contributed by atoms with Gasteiger partial charge in [-0.05, 0) is 24.3 Å². The van der Waals surface area contributed by atoms with Gasteiger partial charge in [0.25, 0.3) is 0 Å². The van der Waals surface area contributed by atoms with Crippen molar-refractivity contribution >= 4 is 11.5 Å². The summed E-state index contributed by atoms with van der Waals surface area (Å²) < 4.78 is 0. The number of allylic oxidation sites excluding steroid dienone is 1. The molecular weight excluding hydrogens is 226 g/mol. The van der Waals surface area contributed by atoms with E-state index in [0.717, 1.165) is 5.69 Å². The highest BCUT2D eigenvalue weighted by molar-refractivity contribution is 6.04. The summed E-state index contributed by atoms with van der Waals surface area (Å²) in [5.41, 5.74) is 1.46. The van der Waals surface area contributed by atoms with E-state index in [-0.39, 0.29) is 11.5 Å². The van der Waals surface area contributed by atoms with E-state index < -0.39 is 0 Å². The molecule has 0 saturated carbocycles. The minimum Gasteiger partial charge on any atom is -0.508 e. The predicted molar refractivity (Wildman–Crippen MR) is 71.6 cm³/mol. The van der Waals surface area contributed by atoms with Crippen LogP contribution in [0.5, 0.6) is 5.75 Å². The second-order valence-corrected chi connectivity index (χ2v) is 3.75. The van der Waals surface area contributed by atoms with Crippen LogP contribution in [0.15, 0.2) is 66.9 Å². The summed E-state index contributed by atoms with van der Waals surface area (Å²) in [6.07, 6.45) is 3.06. The Morgan fingerprint density at radius 1 is 1.00 bits per heavy atom. The first-order valence-electron chi connectivity index (χ1n) is 5.57. The lowest BCUT2D eigenvalue weighted by molar-refractivity contribution is 0.104. The van der Waals surface area contributed by atoms with Crippen molar-refractivity contribution in [2.75, 3.05) is 5.32 Å². The second kappa shape index (κ2) is 5.68. The van der Waals surface area contributed by atoms with Gasteiger partial charge in [0.2, 0.25) is 0 Å². The molecule has 3 nitrogen and oxygen atoms in total. The fourth-order valence-electron chi connectivity index (χ4n) is 1.47. The maximum Gasteiger partial charge on any atom is 0.187 e. The van der Waals surface area contributed by atoms with Gasteiger partial charge in [-0.25, -0.2) is 0 Å². The van der Waals surface area contributed by atoms with Gasteiger partial charge in [0.15, 0.2) is 5.78 Å². The Morgan fingerprint density at radius 3 is 2.33 bits per heavy atom. The Balaban J connectivity index is 1.96. The first-order valence-corrected chi connectivity index (χ1v) is 5.57. The number of rotatable bonds is 4. The molecule has 18 heavy (non-hydrogen) atoms. The first-order chi connectivity index (χ1) is 8.75. The van der Waals surface area contributed by atoms with Crippen LogP contribution >= 0.6 is 0 Å². The zero-order valence-electron chi connectivity index (χ0n) is 9.71. The van der Waals surface area contributed by atoms with Crippen molar-refractivity contribution in [3.8, 4) is 5.75 Å². The van der Waals surface area contributed by atoms with Crippen LogP contribution in [-0.2, 0) is 0 Å². The Bertz CT molecular complexity index is 544. The summed E-state index contributed by atoms with van der Waals surface area (Å²) in [6.45, 7) is 0. The summed E-state index contributed by atoms with van der Waals surface area (Å²) in [7, 11) is 0. The molecule has 2 aromatic carbocycles. The monoisotopic (exact) mass is 239 g/mol. The molecule has 2 rings (SSSR count). The number of hydrogen-bond donors (Lipinski definition) is 2. The molecule has 3 heteroatoms. The molecule has 0 spiro atoms. The minimum absolute atomic E-state index is 0.0538. The molecule has 0 aromatic heterocycles. The van der Waals surface area contributed by atoms with Crippen molar-refractivity contribution < 1.29 is 9.90 Å². The number of carbonyl (C=O) groups excluding carboxylic acids is 1. The smallest absolute Gasteiger partial charge is 0.187 e. The van der Waals surface area contributed by atoms with Crippen LogP contribution in [0, 0.1) is 0 Å². The third-order valence-corrected chi connectivity index (χ3v) is 2.41. The maximum atomic E-state index is 11.7. The largest absolute Gasteiger partial charge is 0.508 e. The van der Waals surface area contributed by atoms with Crippen molar-refractivity contribution in [2.45, 2.75) is 0 Å². The van der Waals surface area contributed by atoms with Crippen molar-refractivity contribution in [2.24, 2.45) is 0 Å². The number of phenolic OH excluding ortho intramolecular Hbond substituents is 1. The molecule has 90 valence electrons. The molecule has 0 aliphatic rings. The van der Waals surface area contributed by atoms with Crippen molar-refractivity contribution in [1.29, 1.82) is 0 Å². The molecule has 2 aromatic rings. The van der Waals surface area contributed by atoms with Crippen molar-refractivity contribution in [1.82, 2.24) is 0 Å². The van der Waals surface area contributed by atoms with Crippen LogP contribution in [0.1, 0.15) is 10.4 Å². The van der Waals surface area contributed by atoms with Crippen molar-refractivity contribution in [3.05, 3.63) is 72.4 Å². The lowest BCUT2D eigenvalue weighted by Crippen LogP contribution is -1.95. The Hall–Kier alpha value is -2.55. The highest BCUT2D eigenvalue weighted by atomic mass is 16.3. The van der Waals surface area contributed by atoms with E-state index in [1.54, 1.807) is 42.6 Å². The van der Waals surface area contributed by atoms with Crippen LogP contribution in [0.4, 0.5) is 5.69 Å². The van der Waals surface area contributed by atoms with Gasteiger partial charge in [0.1, 0.15) is 5.75 Å². The van der Waals surface area contributed by atoms with Crippen LogP contribution in [0.2, 0.25) is 0 Å². The van der Waals surface area contributed by atoms with Gasteiger partial charge in [0.05, 0.1) is 0 Å². The minimum atomic E-state index is -0.0538. The summed E-state index contributed by atoms with van der Waals surface area (Å²) in [5.74, 6) is 0.159. The van der Waals surface area contributed by atoms with Crippen LogP contribution in [-0.4, -0.2) is 10.9 Å². The van der Waals surface area contributed by atoms with E-state index in [9.17, 15) is 4.79 Å². The SMILES string of the molecule is O=C(/C=C\Nc1ccc(O)cc1)c1ccccc1. The number of nitrogens with one attached hydrogen (secondary N) is 1. The molecule has 0 heterocycles. The van der Waals surface area contributed by atoms with Gasteiger partial charge in [-0.2, -0.15) is 0 Å². The van der Waals surface area contributed by atoms with Crippen LogP contribution in [0.25, 0.3) is 0 Å². The maximum absolute atomic E-state index is 11.7. The lowest BCUT2D eigenvalue weighted by atomic mass is 10.1. The quantitative estimate of drug-likeness (QED) is 0.489. The molecule has 0 aliphatic heterocycles. The summed E-state index contributed by atoms with van der Waals surface area (Å²) in [4.78, 5) is 11.7. The number of aromatic hydroxyl groups is 1. The van der Waals surface area contributed by atoms with Crippen LogP contribution in [0.3, 0.4) is 0 Å². The fraction of sp³-hybridized carbons (Fsp3) is 0. The average molecular weight is 239 g/mol. The lowest BCUT2D eigenvalue weighted by Gasteiger charge is -2.00. The number of carbonyl (C=O) groups is 1. The molecule has 0 aliphatic carbocycles. The standard InChI is InChI=1S/C15H13NO2/c17-14-8-6-13(7-9-14)16-11-10-15(18)12-4-2-1-3-5-12/h1-11,16-17H/b11-10-. The normalized spacial score (nSPS) is 10.4. The number of ketones is 1. The van der Waals surface area contributed by atoms with Gasteiger partial charge in [-0.3, -0.25) is 4.79 Å². The third kappa shape index (κ3) is 3.22. The van der Waals surface area contributed by atoms with E-state index in [4.69, 9.17) is 5.11 Å². The Labute approximate surface area is 105 Å². The number of benzene rings is 2. The molecule has 0 fully saturated rings. The molecule has 0 saturated heterocycles. The highest BCUT2D eigenvalue weighted by Gasteiger charge is 1.98. The Kier molecular flexibility index (Phi) is 3.76. The molecule has 0 bridgehead atoms. The van der Waals surface area contributed by atoms with Gasteiger partial charge < -0.3 is 10.4 Å². The zero-order valence-corrected chi connectivity index (χ0v) is 9.71. The van der Waals surface area contributed by atoms with E-state index in [0.29, 0.717) is 5.56 Å². The van der Waals surface area contributed by atoms with E-state index in [1.807, 2.05) is 18.2 Å². The second-order valence-electron chi connectivity index (χ2n) is 3.75. The highest BCUT2D eigenvalue weighted by Crippen LogP contribution is 2.13. The number of anilines is 1. The molecule has 2 N–H and O–H groups in total. The number of phenols is 1. The van der Waals surface area contributed by atoms with E-state index in [1.165, 1.54) is 6.08 Å². The summed E-state index contributed by atoms with van der Waals surface area (Å²) in [5, 5.41) is 12.1. The number of hydrogen-bond acceptors (Lipinski definition) is 3. The average Bonchev–Trinajstić information content (AvgIpc) is 2.42. The topological polar surface area (TPSA) is 49.3 Å². The van der Waals surface area contributed by atoms with Gasteiger partial charge in [0, 0.05) is 23.5 Å². The summed E-state index contributed by atoms with van der Waals surface area (Å²) >= 11 is 0. The summed E-state index contributed by atoms with van der Waals surface area (Å²) in [6, 6.07) is 15.7. The fourth-order valence-corrected chi connectivity index (χ4v) is 1.47. The third-order valence-electron chi connectivity index (χ3n) is 2.41. The van der Waals surface area contributed by atoms with E-state index >= 15 is 0 Å².